The molecular formula is C20H22N2O3. The lowest BCUT2D eigenvalue weighted by atomic mass is 10.0. The van der Waals surface area contributed by atoms with Crippen molar-refractivity contribution < 1.29 is 14.6 Å². The fraction of sp³-hybridized carbons (Fsp3) is 0.350. The number of ether oxygens (including phenoxy) is 1. The molecule has 2 aromatic carbocycles. The highest BCUT2D eigenvalue weighted by molar-refractivity contribution is 6.03. The maximum atomic E-state index is 12.9. The average Bonchev–Trinajstić information content (AvgIpc) is 3.20. The first kappa shape index (κ1) is 16.1. The summed E-state index contributed by atoms with van der Waals surface area (Å²) in [5.74, 6) is 0.822. The number of carbonyl (C=O) groups excluding carboxylic acids is 1. The molecule has 2 heterocycles. The molecule has 2 bridgehead atoms. The summed E-state index contributed by atoms with van der Waals surface area (Å²) in [7, 11) is 1.64. The van der Waals surface area contributed by atoms with Gasteiger partial charge in [-0.1, -0.05) is 36.4 Å². The molecule has 2 fully saturated rings. The third-order valence-corrected chi connectivity index (χ3v) is 5.20. The summed E-state index contributed by atoms with van der Waals surface area (Å²) in [6, 6.07) is 16.2. The topological polar surface area (TPSA) is 53.0 Å². The minimum Gasteiger partial charge on any atom is -0.495 e. The van der Waals surface area contributed by atoms with Crippen LogP contribution in [0.4, 0.5) is 5.69 Å². The van der Waals surface area contributed by atoms with Gasteiger partial charge in [0.05, 0.1) is 31.5 Å². The van der Waals surface area contributed by atoms with Crippen LogP contribution in [0.1, 0.15) is 6.42 Å². The van der Waals surface area contributed by atoms with Crippen molar-refractivity contribution in [2.24, 2.45) is 0 Å². The molecule has 0 aromatic heterocycles. The van der Waals surface area contributed by atoms with Gasteiger partial charge in [0.25, 0.3) is 0 Å². The number of nitrogens with zero attached hydrogens (tertiary/aromatic N) is 2. The molecule has 130 valence electrons. The first-order chi connectivity index (χ1) is 12.2. The van der Waals surface area contributed by atoms with Crippen molar-refractivity contribution in [2.75, 3.05) is 31.7 Å². The molecule has 1 N–H and O–H groups in total. The number of fused-ring (bicyclic) bond motifs is 2. The van der Waals surface area contributed by atoms with Crippen molar-refractivity contribution in [3.05, 3.63) is 48.5 Å². The lowest BCUT2D eigenvalue weighted by Crippen LogP contribution is -2.51. The minimum absolute atomic E-state index is 0.0866. The van der Waals surface area contributed by atoms with Gasteiger partial charge in [0.1, 0.15) is 5.75 Å². The summed E-state index contributed by atoms with van der Waals surface area (Å²) < 4.78 is 5.53. The Balaban J connectivity index is 1.70. The van der Waals surface area contributed by atoms with Gasteiger partial charge in [0, 0.05) is 13.1 Å². The van der Waals surface area contributed by atoms with Crippen molar-refractivity contribution in [1.82, 2.24) is 4.90 Å². The van der Waals surface area contributed by atoms with E-state index >= 15 is 0 Å². The molecule has 4 rings (SSSR count). The Morgan fingerprint density at radius 2 is 1.96 bits per heavy atom. The number of aliphatic hydroxyl groups is 1. The predicted octanol–water partition coefficient (Wildman–Crippen LogP) is 2.14. The number of rotatable bonds is 5. The first-order valence-electron chi connectivity index (χ1n) is 8.64. The smallest absolute Gasteiger partial charge is 0.244 e. The van der Waals surface area contributed by atoms with Gasteiger partial charge >= 0.3 is 0 Å². The molecule has 2 aliphatic rings. The number of β-amino-alcohol motifs (C(OH)–C–C–N with tert-alkyl or cyclic N) is 1. The molecule has 2 aliphatic heterocycles. The summed E-state index contributed by atoms with van der Waals surface area (Å²) in [6.07, 6.45) is 0.817. The van der Waals surface area contributed by atoms with Gasteiger partial charge in [-0.2, -0.15) is 0 Å². The number of hydrogen-bond donors (Lipinski definition) is 1. The van der Waals surface area contributed by atoms with Crippen molar-refractivity contribution in [3.8, 4) is 16.9 Å². The molecular weight excluding hydrogens is 316 g/mol. The van der Waals surface area contributed by atoms with Crippen molar-refractivity contribution >= 4 is 11.6 Å². The van der Waals surface area contributed by atoms with E-state index in [4.69, 9.17) is 4.74 Å². The fourth-order valence-electron chi connectivity index (χ4n) is 4.04. The molecule has 0 unspecified atom stereocenters. The number of carbonyl (C=O) groups is 1. The first-order valence-corrected chi connectivity index (χ1v) is 8.64. The van der Waals surface area contributed by atoms with Crippen LogP contribution in [-0.4, -0.2) is 54.8 Å². The molecule has 0 aliphatic carbocycles. The molecule has 25 heavy (non-hydrogen) atoms. The van der Waals surface area contributed by atoms with Crippen LogP contribution in [0.3, 0.4) is 0 Å². The van der Waals surface area contributed by atoms with Crippen molar-refractivity contribution in [2.45, 2.75) is 18.5 Å². The Bertz CT molecular complexity index is 778. The summed E-state index contributed by atoms with van der Waals surface area (Å²) in [5, 5.41) is 9.18. The van der Waals surface area contributed by atoms with Gasteiger partial charge in [0.15, 0.2) is 0 Å². The minimum atomic E-state index is -0.123. The number of piperazine rings is 1. The van der Waals surface area contributed by atoms with Gasteiger partial charge in [0.2, 0.25) is 5.91 Å². The Morgan fingerprint density at radius 1 is 1.16 bits per heavy atom. The van der Waals surface area contributed by atoms with Gasteiger partial charge in [-0.05, 0) is 29.7 Å². The van der Waals surface area contributed by atoms with Crippen LogP contribution in [0, 0.1) is 0 Å². The quantitative estimate of drug-likeness (QED) is 0.908. The van der Waals surface area contributed by atoms with Crippen LogP contribution < -0.4 is 9.64 Å². The molecule has 5 nitrogen and oxygen atoms in total. The number of benzene rings is 2. The average molecular weight is 338 g/mol. The lowest BCUT2D eigenvalue weighted by molar-refractivity contribution is -0.122. The van der Waals surface area contributed by atoms with E-state index < -0.39 is 0 Å². The second kappa shape index (κ2) is 6.50. The van der Waals surface area contributed by atoms with Crippen LogP contribution in [0.25, 0.3) is 11.1 Å². The highest BCUT2D eigenvalue weighted by Gasteiger charge is 2.50. The summed E-state index contributed by atoms with van der Waals surface area (Å²) in [6.45, 7) is 1.45. The maximum Gasteiger partial charge on any atom is 0.244 e. The third-order valence-electron chi connectivity index (χ3n) is 5.20. The normalized spacial score (nSPS) is 22.6. The van der Waals surface area contributed by atoms with E-state index in [0.717, 1.165) is 29.8 Å². The Hall–Kier alpha value is -2.37. The predicted molar refractivity (Wildman–Crippen MR) is 96.8 cm³/mol. The summed E-state index contributed by atoms with van der Waals surface area (Å²) in [4.78, 5) is 16.9. The lowest BCUT2D eigenvalue weighted by Gasteiger charge is -2.34. The number of methoxy groups -OCH3 is 1. The summed E-state index contributed by atoms with van der Waals surface area (Å²) in [5.41, 5.74) is 3.02. The second-order valence-corrected chi connectivity index (χ2v) is 6.58. The van der Waals surface area contributed by atoms with Crippen LogP contribution in [0.15, 0.2) is 48.5 Å². The van der Waals surface area contributed by atoms with Crippen LogP contribution in [0.5, 0.6) is 5.75 Å². The molecule has 0 radical (unpaired) electrons. The van der Waals surface area contributed by atoms with E-state index in [9.17, 15) is 9.90 Å². The van der Waals surface area contributed by atoms with Crippen LogP contribution in [0.2, 0.25) is 0 Å². The maximum absolute atomic E-state index is 12.9. The number of anilines is 1. The van der Waals surface area contributed by atoms with Crippen molar-refractivity contribution in [1.29, 1.82) is 0 Å². The van der Waals surface area contributed by atoms with Crippen molar-refractivity contribution in [3.63, 3.8) is 0 Å². The monoisotopic (exact) mass is 338 g/mol. The van der Waals surface area contributed by atoms with Gasteiger partial charge < -0.3 is 14.7 Å². The zero-order valence-corrected chi connectivity index (χ0v) is 14.3. The highest BCUT2D eigenvalue weighted by atomic mass is 16.5. The zero-order chi connectivity index (χ0) is 17.4. The largest absolute Gasteiger partial charge is 0.495 e. The van der Waals surface area contributed by atoms with E-state index in [0.29, 0.717) is 12.3 Å². The third kappa shape index (κ3) is 2.69. The van der Waals surface area contributed by atoms with Crippen LogP contribution in [-0.2, 0) is 4.79 Å². The Morgan fingerprint density at radius 3 is 2.64 bits per heavy atom. The molecule has 5 heteroatoms. The summed E-state index contributed by atoms with van der Waals surface area (Å²) >= 11 is 0. The molecule has 2 atom stereocenters. The SMILES string of the molecule is COc1ccc(-c2ccccc2)cc1N1C(=O)[C@H]2C[C@@H]1CN2CCO. The van der Waals surface area contributed by atoms with Gasteiger partial charge in [-0.3, -0.25) is 9.69 Å². The van der Waals surface area contributed by atoms with E-state index in [1.54, 1.807) is 7.11 Å². The molecule has 2 aromatic rings. The van der Waals surface area contributed by atoms with Gasteiger partial charge in [-0.25, -0.2) is 0 Å². The second-order valence-electron chi connectivity index (χ2n) is 6.58. The van der Waals surface area contributed by atoms with E-state index in [-0.39, 0.29) is 24.6 Å². The molecule has 1 amide bonds. The molecule has 0 spiro atoms. The standard InChI is InChI=1S/C20H22N2O3/c1-25-19-8-7-15(14-5-3-2-4-6-14)11-17(19)22-16-12-18(20(22)24)21(13-16)9-10-23/h2-8,11,16,18,23H,9-10,12-13H2,1H3/t16-,18-/m1/s1. The zero-order valence-electron chi connectivity index (χ0n) is 14.3. The van der Waals surface area contributed by atoms with Gasteiger partial charge in [-0.15, -0.1) is 0 Å². The molecule has 0 saturated carbocycles. The number of amides is 1. The number of hydrogen-bond acceptors (Lipinski definition) is 4. The Labute approximate surface area is 147 Å². The molecule has 2 saturated heterocycles. The van der Waals surface area contributed by atoms with E-state index in [1.807, 2.05) is 41.3 Å². The van der Waals surface area contributed by atoms with E-state index in [1.165, 1.54) is 0 Å². The van der Waals surface area contributed by atoms with Crippen LogP contribution >= 0.6 is 0 Å². The number of aliphatic hydroxyl groups excluding tert-OH is 1. The van der Waals surface area contributed by atoms with E-state index in [2.05, 4.69) is 17.0 Å². The highest BCUT2D eigenvalue weighted by Crippen LogP contribution is 2.41. The fourth-order valence-corrected chi connectivity index (χ4v) is 4.04. The number of likely N-dealkylation sites (tertiary alicyclic amines) is 1. The Kier molecular flexibility index (Phi) is 4.19.